The molecule has 4 aromatic rings. The lowest BCUT2D eigenvalue weighted by molar-refractivity contribution is 0.0723. The van der Waals surface area contributed by atoms with Gasteiger partial charge in [0.25, 0.3) is 0 Å². The first-order valence-electron chi connectivity index (χ1n) is 8.49. The molecule has 3 aromatic carbocycles. The molecule has 0 saturated carbocycles. The zero-order valence-electron chi connectivity index (χ0n) is 14.5. The summed E-state index contributed by atoms with van der Waals surface area (Å²) >= 11 is 0. The van der Waals surface area contributed by atoms with Crippen LogP contribution in [0.1, 0.15) is 10.4 Å². The summed E-state index contributed by atoms with van der Waals surface area (Å²) in [5, 5.41) is 4.50. The molecule has 0 unspecified atom stereocenters. The fourth-order valence-corrected chi connectivity index (χ4v) is 2.69. The average molecular weight is 376 g/mol. The van der Waals surface area contributed by atoms with E-state index in [0.29, 0.717) is 11.4 Å². The molecule has 0 fully saturated rings. The fraction of sp³-hybridized carbons (Fsp3) is 0. The summed E-state index contributed by atoms with van der Waals surface area (Å²) < 4.78 is 33.3. The van der Waals surface area contributed by atoms with Crippen LogP contribution < -0.4 is 4.74 Å². The summed E-state index contributed by atoms with van der Waals surface area (Å²) in [6.45, 7) is 0. The van der Waals surface area contributed by atoms with Crippen LogP contribution >= 0.6 is 0 Å². The number of esters is 1. The summed E-state index contributed by atoms with van der Waals surface area (Å²) in [5.41, 5.74) is 2.16. The second-order valence-electron chi connectivity index (χ2n) is 6.02. The molecule has 0 atom stereocenters. The lowest BCUT2D eigenvalue weighted by Gasteiger charge is -2.08. The molecule has 0 radical (unpaired) electrons. The smallest absolute Gasteiger partial charge is 0.344 e. The minimum atomic E-state index is -0.650. The third-order valence-corrected chi connectivity index (χ3v) is 4.09. The van der Waals surface area contributed by atoms with E-state index < -0.39 is 11.8 Å². The Balaban J connectivity index is 1.73. The van der Waals surface area contributed by atoms with Crippen LogP contribution in [0.4, 0.5) is 8.78 Å². The quantitative estimate of drug-likeness (QED) is 0.469. The maximum Gasteiger partial charge on any atom is 0.344 e. The van der Waals surface area contributed by atoms with Gasteiger partial charge in [0, 0.05) is 11.6 Å². The van der Waals surface area contributed by atoms with Crippen LogP contribution in [0.2, 0.25) is 0 Å². The Morgan fingerprint density at radius 3 is 2.07 bits per heavy atom. The Hall–Kier alpha value is -3.80. The molecule has 0 amide bonds. The van der Waals surface area contributed by atoms with Gasteiger partial charge in [0.05, 0.1) is 16.9 Å². The molecule has 4 rings (SSSR count). The first kappa shape index (κ1) is 17.6. The van der Waals surface area contributed by atoms with E-state index in [1.54, 1.807) is 6.07 Å². The molecule has 0 aliphatic rings. The van der Waals surface area contributed by atoms with E-state index in [1.807, 2.05) is 30.3 Å². The van der Waals surface area contributed by atoms with Crippen molar-refractivity contribution < 1.29 is 18.3 Å². The Bertz CT molecular complexity index is 1110. The van der Waals surface area contributed by atoms with Crippen LogP contribution in [-0.2, 0) is 0 Å². The number of aromatic nitrogens is 2. The normalized spacial score (nSPS) is 10.6. The molecule has 28 heavy (non-hydrogen) atoms. The van der Waals surface area contributed by atoms with E-state index in [1.165, 1.54) is 53.2 Å². The van der Waals surface area contributed by atoms with Crippen molar-refractivity contribution in [2.24, 2.45) is 0 Å². The molecule has 0 N–H and O–H groups in total. The molecule has 1 heterocycles. The predicted octanol–water partition coefficient (Wildman–Crippen LogP) is 5.04. The minimum Gasteiger partial charge on any atom is -0.404 e. The van der Waals surface area contributed by atoms with Crippen molar-refractivity contribution in [2.45, 2.75) is 0 Å². The van der Waals surface area contributed by atoms with Gasteiger partial charge in [0.1, 0.15) is 11.6 Å². The van der Waals surface area contributed by atoms with Crippen LogP contribution in [0.5, 0.6) is 5.88 Å². The van der Waals surface area contributed by atoms with Crippen LogP contribution in [0.3, 0.4) is 0 Å². The molecule has 1 aromatic heterocycles. The highest BCUT2D eigenvalue weighted by Crippen LogP contribution is 2.27. The first-order chi connectivity index (χ1) is 13.6. The molecule has 4 nitrogen and oxygen atoms in total. The highest BCUT2D eigenvalue weighted by Gasteiger charge is 2.17. The van der Waals surface area contributed by atoms with Gasteiger partial charge in [-0.15, -0.1) is 0 Å². The molecule has 138 valence electrons. The molecule has 0 bridgehead atoms. The third-order valence-electron chi connectivity index (χ3n) is 4.09. The zero-order valence-corrected chi connectivity index (χ0v) is 14.5. The molecular weight excluding hydrogens is 362 g/mol. The minimum absolute atomic E-state index is 0.166. The number of ether oxygens (including phenoxy) is 1. The van der Waals surface area contributed by atoms with Crippen LogP contribution in [-0.4, -0.2) is 15.7 Å². The third kappa shape index (κ3) is 3.66. The highest BCUT2D eigenvalue weighted by molar-refractivity contribution is 5.91. The standard InChI is InChI=1S/C22H14F2N2O2/c23-17-8-6-16(7-9-17)22(27)28-21-14-20(15-4-2-1-3-5-15)25-26(21)19-12-10-18(24)11-13-19/h1-14H. The van der Waals surface area contributed by atoms with E-state index in [2.05, 4.69) is 5.10 Å². The molecule has 6 heteroatoms. The fourth-order valence-electron chi connectivity index (χ4n) is 2.69. The summed E-state index contributed by atoms with van der Waals surface area (Å²) in [6.07, 6.45) is 0. The van der Waals surface area contributed by atoms with E-state index in [4.69, 9.17) is 4.74 Å². The monoisotopic (exact) mass is 376 g/mol. The van der Waals surface area contributed by atoms with E-state index >= 15 is 0 Å². The maximum absolute atomic E-state index is 13.3. The van der Waals surface area contributed by atoms with Crippen LogP contribution in [0.25, 0.3) is 16.9 Å². The Kier molecular flexibility index (Phi) is 4.68. The lowest BCUT2D eigenvalue weighted by atomic mass is 10.2. The van der Waals surface area contributed by atoms with E-state index in [9.17, 15) is 13.6 Å². The number of hydrogen-bond acceptors (Lipinski definition) is 3. The van der Waals surface area contributed by atoms with Crippen molar-refractivity contribution in [2.75, 3.05) is 0 Å². The van der Waals surface area contributed by atoms with Crippen molar-refractivity contribution in [1.29, 1.82) is 0 Å². The summed E-state index contributed by atoms with van der Waals surface area (Å²) in [6, 6.07) is 21.7. The van der Waals surface area contributed by atoms with Gasteiger partial charge in [-0.25, -0.2) is 18.3 Å². The Labute approximate surface area is 159 Å². The van der Waals surface area contributed by atoms with Crippen molar-refractivity contribution in [3.8, 4) is 22.8 Å². The molecule has 0 aliphatic heterocycles. The summed E-state index contributed by atoms with van der Waals surface area (Å²) in [5.74, 6) is -1.31. The number of carbonyl (C=O) groups excluding carboxylic acids is 1. The van der Waals surface area contributed by atoms with Gasteiger partial charge in [0.15, 0.2) is 0 Å². The molecular formula is C22H14F2N2O2. The SMILES string of the molecule is O=C(Oc1cc(-c2ccccc2)nn1-c1ccc(F)cc1)c1ccc(F)cc1. The number of carbonyl (C=O) groups is 1. The van der Waals surface area contributed by atoms with Crippen molar-refractivity contribution in [3.63, 3.8) is 0 Å². The largest absolute Gasteiger partial charge is 0.404 e. The number of hydrogen-bond donors (Lipinski definition) is 0. The molecule has 0 saturated heterocycles. The van der Waals surface area contributed by atoms with Crippen LogP contribution in [0, 0.1) is 11.6 Å². The molecule has 0 spiro atoms. The number of nitrogens with zero attached hydrogens (tertiary/aromatic N) is 2. The predicted molar refractivity (Wildman–Crippen MR) is 100 cm³/mol. The van der Waals surface area contributed by atoms with E-state index in [-0.39, 0.29) is 17.3 Å². The summed E-state index contributed by atoms with van der Waals surface area (Å²) in [4.78, 5) is 12.5. The Morgan fingerprint density at radius 2 is 1.43 bits per heavy atom. The van der Waals surface area contributed by atoms with Gasteiger partial charge in [-0.05, 0) is 48.5 Å². The Morgan fingerprint density at radius 1 is 0.821 bits per heavy atom. The van der Waals surface area contributed by atoms with E-state index in [0.717, 1.165) is 5.56 Å². The first-order valence-corrected chi connectivity index (χ1v) is 8.49. The molecule has 0 aliphatic carbocycles. The van der Waals surface area contributed by atoms with Gasteiger partial charge >= 0.3 is 5.97 Å². The number of rotatable bonds is 4. The highest BCUT2D eigenvalue weighted by atomic mass is 19.1. The van der Waals surface area contributed by atoms with Gasteiger partial charge in [-0.2, -0.15) is 5.10 Å². The summed E-state index contributed by atoms with van der Waals surface area (Å²) in [7, 11) is 0. The van der Waals surface area contributed by atoms with Gasteiger partial charge in [-0.1, -0.05) is 30.3 Å². The second kappa shape index (κ2) is 7.44. The van der Waals surface area contributed by atoms with Crippen molar-refractivity contribution in [3.05, 3.63) is 102 Å². The maximum atomic E-state index is 13.3. The van der Waals surface area contributed by atoms with Gasteiger partial charge in [0.2, 0.25) is 5.88 Å². The average Bonchev–Trinajstić information content (AvgIpc) is 3.13. The second-order valence-corrected chi connectivity index (χ2v) is 6.02. The van der Waals surface area contributed by atoms with Gasteiger partial charge in [-0.3, -0.25) is 0 Å². The van der Waals surface area contributed by atoms with Gasteiger partial charge < -0.3 is 4.74 Å². The number of benzene rings is 3. The number of halogens is 2. The zero-order chi connectivity index (χ0) is 19.5. The van der Waals surface area contributed by atoms with Crippen molar-refractivity contribution >= 4 is 5.97 Å². The van der Waals surface area contributed by atoms with Crippen LogP contribution in [0.15, 0.2) is 84.9 Å². The topological polar surface area (TPSA) is 44.1 Å². The van der Waals surface area contributed by atoms with Crippen molar-refractivity contribution in [1.82, 2.24) is 9.78 Å². The lowest BCUT2D eigenvalue weighted by Crippen LogP contribution is -2.11.